The van der Waals surface area contributed by atoms with Gasteiger partial charge < -0.3 is 14.5 Å². The number of halogens is 1. The van der Waals surface area contributed by atoms with E-state index in [0.29, 0.717) is 32.6 Å². The first kappa shape index (κ1) is 19.6. The molecule has 2 aliphatic heterocycles. The number of fused-ring (bicyclic) bond motifs is 1. The number of methoxy groups -OCH3 is 1. The molecule has 8 heteroatoms. The third kappa shape index (κ3) is 4.03. The number of carbonyl (C=O) groups is 2. The molecule has 154 valence electrons. The first-order valence-electron chi connectivity index (χ1n) is 9.86. The summed E-state index contributed by atoms with van der Waals surface area (Å²) in [5.74, 6) is -0.0744. The van der Waals surface area contributed by atoms with Gasteiger partial charge in [0, 0.05) is 63.9 Å². The summed E-state index contributed by atoms with van der Waals surface area (Å²) in [4.78, 5) is 29.0. The molecule has 0 aliphatic carbocycles. The van der Waals surface area contributed by atoms with Gasteiger partial charge in [0.25, 0.3) is 0 Å². The molecule has 2 aromatic rings. The Bertz CT molecular complexity index is 873. The summed E-state index contributed by atoms with van der Waals surface area (Å²) < 4.78 is 20.7. The summed E-state index contributed by atoms with van der Waals surface area (Å²) in [5.41, 5.74) is 0.771. The Morgan fingerprint density at radius 1 is 1.21 bits per heavy atom. The number of ether oxygens (including phenoxy) is 1. The van der Waals surface area contributed by atoms with Crippen LogP contribution in [-0.2, 0) is 20.9 Å². The first-order valence-corrected chi connectivity index (χ1v) is 9.86. The van der Waals surface area contributed by atoms with Crippen molar-refractivity contribution < 1.29 is 18.7 Å². The standard InChI is InChI=1S/C21H25FN4O3/c1-29-14-20(28)26-12-16-11-24(19(27)6-9-25-8-3-7-23-25)13-18(16)21(26)15-4-2-5-17(22)10-15/h2-5,7-8,10,16,18,21H,6,9,11-14H2,1H3/t16-,18-,21+/m1/s1. The fraction of sp³-hybridized carbons (Fsp3) is 0.476. The SMILES string of the molecule is COCC(=O)N1C[C@H]2CN(C(=O)CCn3cccn3)C[C@H]2[C@@H]1c1cccc(F)c1. The third-order valence-corrected chi connectivity index (χ3v) is 5.91. The van der Waals surface area contributed by atoms with Crippen LogP contribution in [0.3, 0.4) is 0 Å². The quantitative estimate of drug-likeness (QED) is 0.741. The van der Waals surface area contributed by atoms with E-state index in [0.717, 1.165) is 5.56 Å². The molecule has 1 aromatic heterocycles. The summed E-state index contributed by atoms with van der Waals surface area (Å²) in [5, 5.41) is 4.13. The number of amides is 2. The highest BCUT2D eigenvalue weighted by Crippen LogP contribution is 2.45. The molecule has 0 bridgehead atoms. The van der Waals surface area contributed by atoms with Gasteiger partial charge in [0.1, 0.15) is 12.4 Å². The first-order chi connectivity index (χ1) is 14.1. The molecule has 4 rings (SSSR count). The van der Waals surface area contributed by atoms with E-state index in [1.54, 1.807) is 21.8 Å². The van der Waals surface area contributed by atoms with Crippen LogP contribution in [0, 0.1) is 17.7 Å². The maximum absolute atomic E-state index is 13.9. The van der Waals surface area contributed by atoms with Crippen molar-refractivity contribution in [2.24, 2.45) is 11.8 Å². The predicted octanol–water partition coefficient (Wildman–Crippen LogP) is 1.72. The Balaban J connectivity index is 1.49. The lowest BCUT2D eigenvalue weighted by molar-refractivity contribution is -0.137. The fourth-order valence-electron chi connectivity index (χ4n) is 4.63. The molecular weight excluding hydrogens is 375 g/mol. The van der Waals surface area contributed by atoms with Crippen LogP contribution < -0.4 is 0 Å². The highest BCUT2D eigenvalue weighted by Gasteiger charge is 2.49. The Labute approximate surface area is 169 Å². The van der Waals surface area contributed by atoms with Gasteiger partial charge in [-0.05, 0) is 23.8 Å². The zero-order chi connectivity index (χ0) is 20.4. The maximum Gasteiger partial charge on any atom is 0.249 e. The van der Waals surface area contributed by atoms with Gasteiger partial charge >= 0.3 is 0 Å². The largest absolute Gasteiger partial charge is 0.375 e. The topological polar surface area (TPSA) is 67.7 Å². The molecule has 0 unspecified atom stereocenters. The van der Waals surface area contributed by atoms with Gasteiger partial charge in [-0.2, -0.15) is 5.10 Å². The monoisotopic (exact) mass is 400 g/mol. The molecule has 29 heavy (non-hydrogen) atoms. The van der Waals surface area contributed by atoms with E-state index >= 15 is 0 Å². The van der Waals surface area contributed by atoms with Gasteiger partial charge in [0.2, 0.25) is 11.8 Å². The summed E-state index contributed by atoms with van der Waals surface area (Å²) in [7, 11) is 1.49. The number of aryl methyl sites for hydroxylation is 1. The van der Waals surface area contributed by atoms with Crippen LogP contribution in [0.2, 0.25) is 0 Å². The summed E-state index contributed by atoms with van der Waals surface area (Å²) >= 11 is 0. The van der Waals surface area contributed by atoms with E-state index in [-0.39, 0.29) is 42.1 Å². The maximum atomic E-state index is 13.9. The number of benzene rings is 1. The smallest absolute Gasteiger partial charge is 0.249 e. The number of likely N-dealkylation sites (tertiary alicyclic amines) is 2. The molecule has 2 amide bonds. The second-order valence-electron chi connectivity index (χ2n) is 7.72. The summed E-state index contributed by atoms with van der Waals surface area (Å²) in [6, 6.07) is 7.99. The molecule has 2 saturated heterocycles. The molecular formula is C21H25FN4O3. The van der Waals surface area contributed by atoms with E-state index in [2.05, 4.69) is 5.10 Å². The van der Waals surface area contributed by atoms with Crippen molar-refractivity contribution in [1.29, 1.82) is 0 Å². The summed E-state index contributed by atoms with van der Waals surface area (Å²) in [6.45, 7) is 2.28. The number of nitrogens with zero attached hydrogens (tertiary/aromatic N) is 4. The van der Waals surface area contributed by atoms with Crippen molar-refractivity contribution in [2.45, 2.75) is 19.0 Å². The number of rotatable bonds is 6. The molecule has 2 aliphatic rings. The zero-order valence-electron chi connectivity index (χ0n) is 16.4. The van der Waals surface area contributed by atoms with E-state index in [1.165, 1.54) is 19.2 Å². The van der Waals surface area contributed by atoms with Crippen molar-refractivity contribution in [2.75, 3.05) is 33.4 Å². The third-order valence-electron chi connectivity index (χ3n) is 5.91. The zero-order valence-corrected chi connectivity index (χ0v) is 16.4. The van der Waals surface area contributed by atoms with Crippen molar-refractivity contribution in [3.05, 3.63) is 54.1 Å². The van der Waals surface area contributed by atoms with Crippen molar-refractivity contribution >= 4 is 11.8 Å². The number of carbonyl (C=O) groups excluding carboxylic acids is 2. The molecule has 0 saturated carbocycles. The average Bonchev–Trinajstić information content (AvgIpc) is 3.42. The second kappa shape index (κ2) is 8.32. The normalized spacial score (nSPS) is 23.4. The Hall–Kier alpha value is -2.74. The molecule has 0 spiro atoms. The van der Waals surface area contributed by atoms with E-state index < -0.39 is 0 Å². The van der Waals surface area contributed by atoms with E-state index in [4.69, 9.17) is 4.74 Å². The van der Waals surface area contributed by atoms with Gasteiger partial charge in [-0.25, -0.2) is 4.39 Å². The van der Waals surface area contributed by atoms with Crippen molar-refractivity contribution in [1.82, 2.24) is 19.6 Å². The van der Waals surface area contributed by atoms with Crippen LogP contribution in [-0.4, -0.2) is 64.7 Å². The molecule has 0 radical (unpaired) electrons. The van der Waals surface area contributed by atoms with Crippen LogP contribution in [0.4, 0.5) is 4.39 Å². The van der Waals surface area contributed by atoms with Gasteiger partial charge in [-0.1, -0.05) is 12.1 Å². The molecule has 0 N–H and O–H groups in total. The number of hydrogen-bond donors (Lipinski definition) is 0. The van der Waals surface area contributed by atoms with Crippen LogP contribution in [0.15, 0.2) is 42.7 Å². The van der Waals surface area contributed by atoms with Gasteiger partial charge in [0.15, 0.2) is 0 Å². The molecule has 2 fully saturated rings. The van der Waals surface area contributed by atoms with Crippen molar-refractivity contribution in [3.8, 4) is 0 Å². The second-order valence-corrected chi connectivity index (χ2v) is 7.72. The molecule has 1 aromatic carbocycles. The minimum atomic E-state index is -0.324. The number of hydrogen-bond acceptors (Lipinski definition) is 4. The minimum Gasteiger partial charge on any atom is -0.375 e. The Morgan fingerprint density at radius 2 is 2.07 bits per heavy atom. The Morgan fingerprint density at radius 3 is 2.79 bits per heavy atom. The highest BCUT2D eigenvalue weighted by atomic mass is 19.1. The van der Waals surface area contributed by atoms with Crippen LogP contribution >= 0.6 is 0 Å². The van der Waals surface area contributed by atoms with E-state index in [9.17, 15) is 14.0 Å². The molecule has 3 heterocycles. The van der Waals surface area contributed by atoms with Crippen LogP contribution in [0.25, 0.3) is 0 Å². The Kier molecular flexibility index (Phi) is 5.62. The minimum absolute atomic E-state index is 0.00221. The average molecular weight is 400 g/mol. The highest BCUT2D eigenvalue weighted by molar-refractivity contribution is 5.79. The van der Waals surface area contributed by atoms with Gasteiger partial charge in [0.05, 0.1) is 6.04 Å². The van der Waals surface area contributed by atoms with E-state index in [1.807, 2.05) is 23.2 Å². The van der Waals surface area contributed by atoms with Crippen molar-refractivity contribution in [3.63, 3.8) is 0 Å². The lowest BCUT2D eigenvalue weighted by atomic mass is 9.89. The lowest BCUT2D eigenvalue weighted by Crippen LogP contribution is -2.39. The fourth-order valence-corrected chi connectivity index (χ4v) is 4.63. The van der Waals surface area contributed by atoms with Crippen LogP contribution in [0.1, 0.15) is 18.0 Å². The van der Waals surface area contributed by atoms with Gasteiger partial charge in [-0.3, -0.25) is 14.3 Å². The number of aromatic nitrogens is 2. The van der Waals surface area contributed by atoms with Gasteiger partial charge in [-0.15, -0.1) is 0 Å². The molecule has 3 atom stereocenters. The predicted molar refractivity (Wildman–Crippen MR) is 103 cm³/mol. The lowest BCUT2D eigenvalue weighted by Gasteiger charge is -2.30. The summed E-state index contributed by atoms with van der Waals surface area (Å²) in [6.07, 6.45) is 3.92. The molecule has 7 nitrogen and oxygen atoms in total. The van der Waals surface area contributed by atoms with Crippen LogP contribution in [0.5, 0.6) is 0 Å².